The van der Waals surface area contributed by atoms with Crippen molar-refractivity contribution in [2.75, 3.05) is 6.54 Å². The van der Waals surface area contributed by atoms with Crippen molar-refractivity contribution in [1.82, 2.24) is 14.9 Å². The van der Waals surface area contributed by atoms with Crippen molar-refractivity contribution in [3.63, 3.8) is 0 Å². The predicted octanol–water partition coefficient (Wildman–Crippen LogP) is 3.57. The lowest BCUT2D eigenvalue weighted by atomic mass is 9.97. The van der Waals surface area contributed by atoms with Crippen LogP contribution in [0.1, 0.15) is 46.8 Å². The molecule has 0 aliphatic rings. The fraction of sp³-hybridized carbons (Fsp3) is 0.478. The molecule has 8 nitrogen and oxygen atoms in total. The van der Waals surface area contributed by atoms with Crippen molar-refractivity contribution in [2.45, 2.75) is 64.1 Å². The number of benzene rings is 1. The van der Waals surface area contributed by atoms with Crippen LogP contribution in [0.15, 0.2) is 52.0 Å². The van der Waals surface area contributed by atoms with Crippen molar-refractivity contribution in [1.29, 1.82) is 0 Å². The number of rotatable bonds is 11. The van der Waals surface area contributed by atoms with E-state index in [1.54, 1.807) is 12.1 Å². The fourth-order valence-electron chi connectivity index (χ4n) is 3.17. The van der Waals surface area contributed by atoms with E-state index in [4.69, 9.17) is 16.0 Å². The highest BCUT2D eigenvalue weighted by Gasteiger charge is 2.35. The predicted molar refractivity (Wildman–Crippen MR) is 127 cm³/mol. The minimum absolute atomic E-state index is 0.0138. The Morgan fingerprint density at radius 1 is 1.15 bits per heavy atom. The second-order valence-corrected chi connectivity index (χ2v) is 11.0. The Kier molecular flexibility index (Phi) is 9.11. The second-order valence-electron chi connectivity index (χ2n) is 8.80. The van der Waals surface area contributed by atoms with E-state index < -0.39 is 34.1 Å². The highest BCUT2D eigenvalue weighted by Crippen LogP contribution is 2.19. The van der Waals surface area contributed by atoms with Gasteiger partial charge < -0.3 is 14.6 Å². The molecule has 182 valence electrons. The van der Waals surface area contributed by atoms with Gasteiger partial charge in [-0.05, 0) is 62.6 Å². The van der Waals surface area contributed by atoms with Crippen molar-refractivity contribution in [2.24, 2.45) is 5.92 Å². The Morgan fingerprint density at radius 3 is 2.30 bits per heavy atom. The number of furan rings is 1. The number of carbonyl (C=O) groups is 2. The zero-order valence-electron chi connectivity index (χ0n) is 19.6. The van der Waals surface area contributed by atoms with Crippen molar-refractivity contribution in [3.05, 3.63) is 53.4 Å². The summed E-state index contributed by atoms with van der Waals surface area (Å²) in [5.41, 5.74) is -0.459. The summed E-state index contributed by atoms with van der Waals surface area (Å²) in [6, 6.07) is 8.18. The standard InChI is InChI=1S/C23H32ClN3O5S/c1-6-23(4,5)26-22(29)21(16(2)3)27(15-18-8-7-13-32-18)20(28)14-25-33(30,31)19-11-9-17(24)10-12-19/h7-13,16,21,25H,6,14-15H2,1-5H3,(H,26,29)/t21-/m1/s1. The van der Waals surface area contributed by atoms with E-state index in [9.17, 15) is 18.0 Å². The third-order valence-corrected chi connectivity index (χ3v) is 7.01. The molecule has 1 aromatic carbocycles. The Morgan fingerprint density at radius 2 is 1.79 bits per heavy atom. The molecule has 2 aromatic rings. The molecule has 1 atom stereocenters. The molecular formula is C23H32ClN3O5S. The lowest BCUT2D eigenvalue weighted by molar-refractivity contribution is -0.143. The first-order valence-corrected chi connectivity index (χ1v) is 12.6. The molecule has 33 heavy (non-hydrogen) atoms. The molecular weight excluding hydrogens is 466 g/mol. The van der Waals surface area contributed by atoms with E-state index in [1.807, 2.05) is 34.6 Å². The number of carbonyl (C=O) groups excluding carboxylic acids is 2. The highest BCUT2D eigenvalue weighted by molar-refractivity contribution is 7.89. The smallest absolute Gasteiger partial charge is 0.243 e. The second kappa shape index (κ2) is 11.2. The number of amides is 2. The molecule has 0 saturated carbocycles. The third kappa shape index (κ3) is 7.58. The molecule has 0 aliphatic heterocycles. The number of nitrogens with zero attached hydrogens (tertiary/aromatic N) is 1. The summed E-state index contributed by atoms with van der Waals surface area (Å²) in [6.45, 7) is 8.95. The first-order valence-electron chi connectivity index (χ1n) is 10.8. The molecule has 2 N–H and O–H groups in total. The van der Waals surface area contributed by atoms with Crippen LogP contribution in [0.25, 0.3) is 0 Å². The average Bonchev–Trinajstić information content (AvgIpc) is 3.24. The molecule has 1 heterocycles. The maximum atomic E-state index is 13.2. The molecule has 0 bridgehead atoms. The quantitative estimate of drug-likeness (QED) is 0.493. The van der Waals surface area contributed by atoms with E-state index in [-0.39, 0.29) is 23.3 Å². The normalized spacial score (nSPS) is 13.1. The third-order valence-electron chi connectivity index (χ3n) is 5.35. The Hall–Kier alpha value is -2.36. The Labute approximate surface area is 200 Å². The zero-order valence-corrected chi connectivity index (χ0v) is 21.2. The van der Waals surface area contributed by atoms with E-state index >= 15 is 0 Å². The minimum atomic E-state index is -3.95. The minimum Gasteiger partial charge on any atom is -0.467 e. The van der Waals surface area contributed by atoms with Gasteiger partial charge >= 0.3 is 0 Å². The average molecular weight is 498 g/mol. The van der Waals surface area contributed by atoms with Gasteiger partial charge in [0.15, 0.2) is 0 Å². The Bertz CT molecular complexity index is 1030. The summed E-state index contributed by atoms with van der Waals surface area (Å²) in [4.78, 5) is 27.8. The molecule has 2 amide bonds. The van der Waals surface area contributed by atoms with Gasteiger partial charge in [0.05, 0.1) is 24.2 Å². The van der Waals surface area contributed by atoms with E-state index in [1.165, 1.54) is 35.4 Å². The van der Waals surface area contributed by atoms with Gasteiger partial charge in [-0.1, -0.05) is 32.4 Å². The fourth-order valence-corrected chi connectivity index (χ4v) is 4.27. The topological polar surface area (TPSA) is 109 Å². The summed E-state index contributed by atoms with van der Waals surface area (Å²) in [6.07, 6.45) is 2.18. The maximum Gasteiger partial charge on any atom is 0.243 e. The summed E-state index contributed by atoms with van der Waals surface area (Å²) < 4.78 is 33.0. The van der Waals surface area contributed by atoms with E-state index in [0.29, 0.717) is 17.2 Å². The van der Waals surface area contributed by atoms with Crippen molar-refractivity contribution >= 4 is 33.4 Å². The van der Waals surface area contributed by atoms with Crippen LogP contribution in [0.5, 0.6) is 0 Å². The number of nitrogens with one attached hydrogen (secondary N) is 2. The molecule has 0 aliphatic carbocycles. The largest absolute Gasteiger partial charge is 0.467 e. The van der Waals surface area contributed by atoms with Gasteiger partial charge in [-0.25, -0.2) is 13.1 Å². The maximum absolute atomic E-state index is 13.2. The van der Waals surface area contributed by atoms with Crippen LogP contribution in [0.2, 0.25) is 5.02 Å². The van der Waals surface area contributed by atoms with E-state index in [0.717, 1.165) is 0 Å². The first-order chi connectivity index (χ1) is 15.4. The molecule has 0 unspecified atom stereocenters. The van der Waals surface area contributed by atoms with Crippen LogP contribution in [-0.4, -0.2) is 43.3 Å². The summed E-state index contributed by atoms with van der Waals surface area (Å²) in [7, 11) is -3.95. The lowest BCUT2D eigenvalue weighted by Gasteiger charge is -2.36. The highest BCUT2D eigenvalue weighted by atomic mass is 35.5. The molecule has 10 heteroatoms. The molecule has 0 radical (unpaired) electrons. The van der Waals surface area contributed by atoms with Gasteiger partial charge in [-0.3, -0.25) is 9.59 Å². The summed E-state index contributed by atoms with van der Waals surface area (Å²) in [5, 5.41) is 3.39. The monoisotopic (exact) mass is 497 g/mol. The van der Waals surface area contributed by atoms with Gasteiger partial charge in [0.2, 0.25) is 21.8 Å². The number of sulfonamides is 1. The summed E-state index contributed by atoms with van der Waals surface area (Å²) in [5.74, 6) is -0.606. The molecule has 2 rings (SSSR count). The van der Waals surface area contributed by atoms with Crippen LogP contribution in [0.4, 0.5) is 0 Å². The Balaban J connectivity index is 2.28. The molecule has 1 aromatic heterocycles. The van der Waals surface area contributed by atoms with Gasteiger partial charge in [-0.15, -0.1) is 0 Å². The SMILES string of the molecule is CCC(C)(C)NC(=O)[C@@H](C(C)C)N(Cc1ccco1)C(=O)CNS(=O)(=O)c1ccc(Cl)cc1. The molecule has 0 spiro atoms. The van der Waals surface area contributed by atoms with Gasteiger partial charge in [0.1, 0.15) is 11.8 Å². The van der Waals surface area contributed by atoms with Crippen LogP contribution in [0, 0.1) is 5.92 Å². The van der Waals surface area contributed by atoms with Gasteiger partial charge in [0.25, 0.3) is 0 Å². The number of hydrogen-bond acceptors (Lipinski definition) is 5. The molecule has 0 saturated heterocycles. The first kappa shape index (κ1) is 26.9. The van der Waals surface area contributed by atoms with Crippen LogP contribution in [-0.2, 0) is 26.2 Å². The van der Waals surface area contributed by atoms with Crippen LogP contribution < -0.4 is 10.0 Å². The zero-order chi connectivity index (χ0) is 24.8. The van der Waals surface area contributed by atoms with Crippen molar-refractivity contribution in [3.8, 4) is 0 Å². The van der Waals surface area contributed by atoms with Gasteiger partial charge in [0, 0.05) is 10.6 Å². The number of hydrogen-bond donors (Lipinski definition) is 2. The lowest BCUT2D eigenvalue weighted by Crippen LogP contribution is -2.57. The van der Waals surface area contributed by atoms with Crippen LogP contribution in [0.3, 0.4) is 0 Å². The molecule has 0 fully saturated rings. The van der Waals surface area contributed by atoms with Crippen molar-refractivity contribution < 1.29 is 22.4 Å². The van der Waals surface area contributed by atoms with Crippen LogP contribution >= 0.6 is 11.6 Å². The van der Waals surface area contributed by atoms with Gasteiger partial charge in [-0.2, -0.15) is 0 Å². The number of halogens is 1. The van der Waals surface area contributed by atoms with E-state index in [2.05, 4.69) is 10.0 Å². The summed E-state index contributed by atoms with van der Waals surface area (Å²) >= 11 is 5.83.